The maximum Gasteiger partial charge on any atom is 0.229 e. The summed E-state index contributed by atoms with van der Waals surface area (Å²) in [5.41, 5.74) is 2.96. The first-order valence-electron chi connectivity index (χ1n) is 11.5. The van der Waals surface area contributed by atoms with Gasteiger partial charge in [-0.15, -0.1) is 0 Å². The molecule has 3 saturated heterocycles. The number of rotatable bonds is 2. The number of nitrogens with zero attached hydrogens (tertiary/aromatic N) is 2. The Kier molecular flexibility index (Phi) is 3.47. The van der Waals surface area contributed by atoms with Gasteiger partial charge in [-0.05, 0) is 36.0 Å². The second-order valence-electron chi connectivity index (χ2n) is 10.2. The maximum absolute atomic E-state index is 14.3. The summed E-state index contributed by atoms with van der Waals surface area (Å²) >= 11 is 0. The first-order chi connectivity index (χ1) is 15.0. The quantitative estimate of drug-likeness (QED) is 0.415. The fourth-order valence-electron chi connectivity index (χ4n) is 8.39. The highest BCUT2D eigenvalue weighted by atomic mass is 16.5. The van der Waals surface area contributed by atoms with Crippen LogP contribution in [0, 0.1) is 17.0 Å². The number of benzene rings is 1. The van der Waals surface area contributed by atoms with Gasteiger partial charge in [-0.3, -0.25) is 4.79 Å². The Morgan fingerprint density at radius 2 is 2.06 bits per heavy atom. The molecule has 7 heteroatoms. The predicted molar refractivity (Wildman–Crippen MR) is 113 cm³/mol. The molecule has 1 spiro atoms. The van der Waals surface area contributed by atoms with E-state index < -0.39 is 0 Å². The van der Waals surface area contributed by atoms with Gasteiger partial charge in [0.15, 0.2) is 11.5 Å². The Labute approximate surface area is 181 Å². The number of fused-ring (bicyclic) bond motifs is 2. The number of methoxy groups -OCH3 is 2. The molecule has 7 rings (SSSR count). The molecule has 5 heterocycles. The number of anilines is 1. The molecule has 4 fully saturated rings. The van der Waals surface area contributed by atoms with Gasteiger partial charge in [0, 0.05) is 18.4 Å². The topological polar surface area (TPSA) is 71.1 Å². The molecule has 0 aromatic heterocycles. The number of hydrogen-bond acceptors (Lipinski definition) is 5. The van der Waals surface area contributed by atoms with Crippen LogP contribution in [0.3, 0.4) is 0 Å². The van der Waals surface area contributed by atoms with Crippen molar-refractivity contribution in [3.63, 3.8) is 0 Å². The second-order valence-corrected chi connectivity index (χ2v) is 10.2. The SMILES string of the molecule is COc1cc2c(cc1OC)[C@@]13CCC[N+]4([O-])CC5=CCO[C@H]6CC(=O)N2[C@H]1[C@H]6C5C[C@@H]34. The third kappa shape index (κ3) is 2.00. The van der Waals surface area contributed by atoms with Gasteiger partial charge >= 0.3 is 0 Å². The minimum Gasteiger partial charge on any atom is -0.632 e. The van der Waals surface area contributed by atoms with Gasteiger partial charge < -0.3 is 29.0 Å². The number of hydroxylamine groups is 3. The largest absolute Gasteiger partial charge is 0.632 e. The molecule has 0 radical (unpaired) electrons. The van der Waals surface area contributed by atoms with Gasteiger partial charge in [-0.25, -0.2) is 0 Å². The van der Waals surface area contributed by atoms with Gasteiger partial charge in [-0.2, -0.15) is 0 Å². The molecule has 5 aliphatic heterocycles. The summed E-state index contributed by atoms with van der Waals surface area (Å²) in [4.78, 5) is 15.6. The lowest BCUT2D eigenvalue weighted by Gasteiger charge is -2.68. The summed E-state index contributed by atoms with van der Waals surface area (Å²) in [6.45, 7) is 1.75. The van der Waals surface area contributed by atoms with E-state index in [0.29, 0.717) is 43.5 Å². The van der Waals surface area contributed by atoms with Crippen LogP contribution in [0.4, 0.5) is 5.69 Å². The van der Waals surface area contributed by atoms with Crippen LogP contribution >= 0.6 is 0 Å². The van der Waals surface area contributed by atoms with Crippen molar-refractivity contribution in [2.75, 3.05) is 38.8 Å². The molecule has 164 valence electrons. The van der Waals surface area contributed by atoms with E-state index in [1.165, 1.54) is 5.57 Å². The molecule has 1 saturated carbocycles. The van der Waals surface area contributed by atoms with Gasteiger partial charge in [0.05, 0.1) is 57.0 Å². The second kappa shape index (κ2) is 5.82. The normalized spacial score (nSPS) is 43.7. The predicted octanol–water partition coefficient (Wildman–Crippen LogP) is 2.51. The lowest BCUT2D eigenvalue weighted by Crippen LogP contribution is -2.77. The van der Waals surface area contributed by atoms with Gasteiger partial charge in [0.25, 0.3) is 0 Å². The zero-order valence-electron chi connectivity index (χ0n) is 18.0. The number of amides is 1. The monoisotopic (exact) mass is 424 g/mol. The summed E-state index contributed by atoms with van der Waals surface area (Å²) in [6.07, 6.45) is 5.20. The molecular weight excluding hydrogens is 396 g/mol. The number of carbonyl (C=O) groups is 1. The fraction of sp³-hybridized carbons (Fsp3) is 0.625. The first kappa shape index (κ1) is 18.5. The standard InChI is InChI=1S/C24H28N2O5/c1-29-17-9-15-16(10-18(17)30-2)25-21(27)11-19-22-14-8-20-24(15,23(22)25)5-3-6-26(20,28)12-13(14)4-7-31-19/h4,9-10,14,19-20,22-23H,3,5-8,11-12H2,1-2H3/t14?,19-,20-,22-,23-,24+,26?/m0/s1. The molecule has 2 unspecified atom stereocenters. The van der Waals surface area contributed by atoms with Crippen LogP contribution in [0.2, 0.25) is 0 Å². The Morgan fingerprint density at radius 3 is 2.87 bits per heavy atom. The van der Waals surface area contributed by atoms with Crippen molar-refractivity contribution in [3.8, 4) is 11.5 Å². The van der Waals surface area contributed by atoms with E-state index in [0.717, 1.165) is 30.5 Å². The van der Waals surface area contributed by atoms with E-state index >= 15 is 0 Å². The van der Waals surface area contributed by atoms with E-state index in [4.69, 9.17) is 14.2 Å². The molecule has 1 aliphatic carbocycles. The number of ether oxygens (including phenoxy) is 3. The first-order valence-corrected chi connectivity index (χ1v) is 11.5. The number of quaternary nitrogens is 1. The Morgan fingerprint density at radius 1 is 1.26 bits per heavy atom. The van der Waals surface area contributed by atoms with Crippen LogP contribution in [0.25, 0.3) is 0 Å². The van der Waals surface area contributed by atoms with E-state index in [1.54, 1.807) is 14.2 Å². The van der Waals surface area contributed by atoms with Crippen molar-refractivity contribution < 1.29 is 23.7 Å². The van der Waals surface area contributed by atoms with Crippen molar-refractivity contribution >= 4 is 11.6 Å². The zero-order chi connectivity index (χ0) is 21.1. The molecule has 7 nitrogen and oxygen atoms in total. The van der Waals surface area contributed by atoms with E-state index in [9.17, 15) is 10.0 Å². The zero-order valence-corrected chi connectivity index (χ0v) is 18.0. The smallest absolute Gasteiger partial charge is 0.229 e. The molecule has 0 N–H and O–H groups in total. The maximum atomic E-state index is 14.3. The third-order valence-electron chi connectivity index (χ3n) is 9.32. The molecule has 1 aromatic carbocycles. The van der Waals surface area contributed by atoms with E-state index in [-0.39, 0.29) is 40.1 Å². The average Bonchev–Trinajstić information content (AvgIpc) is 2.92. The van der Waals surface area contributed by atoms with Crippen LogP contribution in [0.1, 0.15) is 31.2 Å². The number of piperidine rings is 3. The van der Waals surface area contributed by atoms with Crippen molar-refractivity contribution in [2.24, 2.45) is 11.8 Å². The average molecular weight is 424 g/mol. The highest BCUT2D eigenvalue weighted by Gasteiger charge is 2.73. The summed E-state index contributed by atoms with van der Waals surface area (Å²) in [5, 5.41) is 14.3. The van der Waals surface area contributed by atoms with Crippen LogP contribution in [0.5, 0.6) is 11.5 Å². The van der Waals surface area contributed by atoms with E-state index in [1.807, 2.05) is 11.0 Å². The summed E-state index contributed by atoms with van der Waals surface area (Å²) in [7, 11) is 3.27. The van der Waals surface area contributed by atoms with Crippen molar-refractivity contribution in [3.05, 3.63) is 34.6 Å². The molecule has 31 heavy (non-hydrogen) atoms. The molecular formula is C24H28N2O5. The minimum atomic E-state index is -0.344. The summed E-state index contributed by atoms with van der Waals surface area (Å²) in [6, 6.07) is 3.97. The number of carbonyl (C=O) groups excluding carboxylic acids is 1. The molecule has 6 aliphatic rings. The van der Waals surface area contributed by atoms with Crippen molar-refractivity contribution in [2.45, 2.75) is 49.3 Å². The molecule has 1 amide bonds. The Hall–Kier alpha value is -2.09. The lowest BCUT2D eigenvalue weighted by molar-refractivity contribution is -0.918. The molecule has 1 aromatic rings. The fourth-order valence-corrected chi connectivity index (χ4v) is 8.39. The van der Waals surface area contributed by atoms with Crippen LogP contribution in [-0.4, -0.2) is 62.7 Å². The summed E-state index contributed by atoms with van der Waals surface area (Å²) < 4.78 is 17.4. The molecule has 2 bridgehead atoms. The lowest BCUT2D eigenvalue weighted by atomic mass is 9.50. The van der Waals surface area contributed by atoms with Gasteiger partial charge in [0.1, 0.15) is 12.6 Å². The van der Waals surface area contributed by atoms with Crippen LogP contribution in [0.15, 0.2) is 23.8 Å². The molecule has 7 atom stereocenters. The summed E-state index contributed by atoms with van der Waals surface area (Å²) in [5.74, 6) is 1.98. The highest BCUT2D eigenvalue weighted by Crippen LogP contribution is 2.67. The Balaban J connectivity index is 1.54. The van der Waals surface area contributed by atoms with Crippen molar-refractivity contribution in [1.29, 1.82) is 0 Å². The van der Waals surface area contributed by atoms with Crippen LogP contribution < -0.4 is 14.4 Å². The van der Waals surface area contributed by atoms with Gasteiger partial charge in [0.2, 0.25) is 5.91 Å². The minimum absolute atomic E-state index is 0.0251. The Bertz CT molecular complexity index is 1040. The van der Waals surface area contributed by atoms with Crippen LogP contribution in [-0.2, 0) is 14.9 Å². The van der Waals surface area contributed by atoms with Gasteiger partial charge in [-0.1, -0.05) is 6.08 Å². The highest BCUT2D eigenvalue weighted by molar-refractivity contribution is 5.99. The van der Waals surface area contributed by atoms with E-state index in [2.05, 4.69) is 12.1 Å². The number of hydrogen-bond donors (Lipinski definition) is 0. The van der Waals surface area contributed by atoms with Crippen molar-refractivity contribution in [1.82, 2.24) is 0 Å². The third-order valence-corrected chi connectivity index (χ3v) is 9.32.